The number of carbonyl (C=O) groups is 2. The maximum Gasteiger partial charge on any atom is 0.338 e. The minimum absolute atomic E-state index is 0.255. The summed E-state index contributed by atoms with van der Waals surface area (Å²) >= 11 is 0. The zero-order valence-corrected chi connectivity index (χ0v) is 13.1. The molecule has 0 aromatic heterocycles. The van der Waals surface area contributed by atoms with E-state index in [1.54, 1.807) is 19.2 Å². The maximum atomic E-state index is 11.7. The summed E-state index contributed by atoms with van der Waals surface area (Å²) in [5, 5.41) is 3.01. The van der Waals surface area contributed by atoms with Gasteiger partial charge in [0.1, 0.15) is 13.2 Å². The van der Waals surface area contributed by atoms with Gasteiger partial charge in [0, 0.05) is 20.2 Å². The Hall–Kier alpha value is -1.92. The van der Waals surface area contributed by atoms with Crippen LogP contribution in [0.15, 0.2) is 24.3 Å². The van der Waals surface area contributed by atoms with E-state index in [0.29, 0.717) is 25.3 Å². The lowest BCUT2D eigenvalue weighted by atomic mass is 10.1. The summed E-state index contributed by atoms with van der Waals surface area (Å²) in [6, 6.07) is 7.20. The first-order valence-corrected chi connectivity index (χ1v) is 7.22. The second-order valence-corrected chi connectivity index (χ2v) is 4.72. The summed E-state index contributed by atoms with van der Waals surface area (Å²) in [4.78, 5) is 23.0. The minimum atomic E-state index is -0.347. The minimum Gasteiger partial charge on any atom is -0.463 e. The normalized spacial score (nSPS) is 10.3. The highest BCUT2D eigenvalue weighted by atomic mass is 16.6. The molecule has 0 amide bonds. The SMILES string of the molecule is COCCOC(=O)CCNCCOC(=O)c1ccc(C)cc1. The Bertz CT molecular complexity index is 458. The van der Waals surface area contributed by atoms with Crippen LogP contribution in [0, 0.1) is 6.92 Å². The van der Waals surface area contributed by atoms with Crippen LogP contribution in [-0.4, -0.2) is 52.0 Å². The predicted octanol–water partition coefficient (Wildman–Crippen LogP) is 1.32. The number of hydrogen-bond donors (Lipinski definition) is 1. The number of aryl methyl sites for hydroxylation is 1. The Morgan fingerprint density at radius 1 is 1.00 bits per heavy atom. The van der Waals surface area contributed by atoms with Crippen LogP contribution < -0.4 is 5.32 Å². The lowest BCUT2D eigenvalue weighted by Gasteiger charge is -2.07. The lowest BCUT2D eigenvalue weighted by molar-refractivity contribution is -0.144. The van der Waals surface area contributed by atoms with Crippen LogP contribution >= 0.6 is 0 Å². The molecule has 6 nitrogen and oxygen atoms in total. The number of carbonyl (C=O) groups excluding carboxylic acids is 2. The van der Waals surface area contributed by atoms with Crippen molar-refractivity contribution in [1.29, 1.82) is 0 Å². The Balaban J connectivity index is 2.04. The van der Waals surface area contributed by atoms with Gasteiger partial charge in [0.15, 0.2) is 0 Å². The van der Waals surface area contributed by atoms with Gasteiger partial charge in [-0.05, 0) is 19.1 Å². The Morgan fingerprint density at radius 3 is 2.41 bits per heavy atom. The Kier molecular flexibility index (Phi) is 8.86. The van der Waals surface area contributed by atoms with Gasteiger partial charge in [-0.15, -0.1) is 0 Å². The molecule has 22 heavy (non-hydrogen) atoms. The molecule has 0 aliphatic carbocycles. The maximum absolute atomic E-state index is 11.7. The van der Waals surface area contributed by atoms with Gasteiger partial charge in [-0.2, -0.15) is 0 Å². The molecule has 122 valence electrons. The van der Waals surface area contributed by atoms with Gasteiger partial charge < -0.3 is 19.5 Å². The van der Waals surface area contributed by atoms with E-state index < -0.39 is 0 Å². The molecular weight excluding hydrogens is 286 g/mol. The van der Waals surface area contributed by atoms with Crippen LogP contribution in [0.2, 0.25) is 0 Å². The van der Waals surface area contributed by atoms with Gasteiger partial charge in [0.25, 0.3) is 0 Å². The van der Waals surface area contributed by atoms with Crippen molar-refractivity contribution in [3.05, 3.63) is 35.4 Å². The summed E-state index contributed by atoms with van der Waals surface area (Å²) in [5.74, 6) is -0.623. The average Bonchev–Trinajstić information content (AvgIpc) is 2.51. The fourth-order valence-electron chi connectivity index (χ4n) is 1.62. The highest BCUT2D eigenvalue weighted by Gasteiger charge is 2.06. The second kappa shape index (κ2) is 10.8. The van der Waals surface area contributed by atoms with E-state index in [9.17, 15) is 9.59 Å². The molecule has 0 aliphatic heterocycles. The number of rotatable bonds is 10. The molecule has 0 fully saturated rings. The summed E-state index contributed by atoms with van der Waals surface area (Å²) in [6.07, 6.45) is 0.273. The van der Waals surface area contributed by atoms with Gasteiger partial charge in [-0.25, -0.2) is 4.79 Å². The largest absolute Gasteiger partial charge is 0.463 e. The van der Waals surface area contributed by atoms with E-state index in [-0.39, 0.29) is 31.6 Å². The van der Waals surface area contributed by atoms with Crippen molar-refractivity contribution in [2.75, 3.05) is 40.0 Å². The number of nitrogens with one attached hydrogen (secondary N) is 1. The highest BCUT2D eigenvalue weighted by Crippen LogP contribution is 2.04. The van der Waals surface area contributed by atoms with E-state index in [2.05, 4.69) is 5.32 Å². The van der Waals surface area contributed by atoms with Crippen molar-refractivity contribution in [2.24, 2.45) is 0 Å². The zero-order chi connectivity index (χ0) is 16.2. The lowest BCUT2D eigenvalue weighted by Crippen LogP contribution is -2.24. The predicted molar refractivity (Wildman–Crippen MR) is 81.8 cm³/mol. The molecule has 0 saturated carbocycles. The van der Waals surface area contributed by atoms with Crippen molar-refractivity contribution in [3.8, 4) is 0 Å². The van der Waals surface area contributed by atoms with Crippen LogP contribution in [-0.2, 0) is 19.0 Å². The quantitative estimate of drug-likeness (QED) is 0.519. The van der Waals surface area contributed by atoms with Crippen molar-refractivity contribution in [3.63, 3.8) is 0 Å². The number of ether oxygens (including phenoxy) is 3. The van der Waals surface area contributed by atoms with E-state index in [0.717, 1.165) is 5.56 Å². The van der Waals surface area contributed by atoms with Crippen LogP contribution in [0.5, 0.6) is 0 Å². The molecule has 1 aromatic rings. The number of methoxy groups -OCH3 is 1. The third kappa shape index (κ3) is 7.75. The molecule has 1 rings (SSSR count). The van der Waals surface area contributed by atoms with Gasteiger partial charge in [-0.3, -0.25) is 4.79 Å². The topological polar surface area (TPSA) is 73.9 Å². The fraction of sp³-hybridized carbons (Fsp3) is 0.500. The average molecular weight is 309 g/mol. The fourth-order valence-corrected chi connectivity index (χ4v) is 1.62. The summed E-state index contributed by atoms with van der Waals surface area (Å²) in [5.41, 5.74) is 1.63. The third-order valence-electron chi connectivity index (χ3n) is 2.86. The van der Waals surface area contributed by atoms with Gasteiger partial charge in [0.05, 0.1) is 18.6 Å². The standard InChI is InChI=1S/C16H23NO5/c1-13-3-5-14(6-4-13)16(19)22-10-9-17-8-7-15(18)21-12-11-20-2/h3-6,17H,7-12H2,1-2H3. The summed E-state index contributed by atoms with van der Waals surface area (Å²) in [7, 11) is 1.55. The van der Waals surface area contributed by atoms with Crippen molar-refractivity contribution in [1.82, 2.24) is 5.32 Å². The van der Waals surface area contributed by atoms with E-state index in [1.165, 1.54) is 0 Å². The number of hydrogen-bond acceptors (Lipinski definition) is 6. The molecule has 1 N–H and O–H groups in total. The second-order valence-electron chi connectivity index (χ2n) is 4.72. The zero-order valence-electron chi connectivity index (χ0n) is 13.1. The van der Waals surface area contributed by atoms with Crippen molar-refractivity contribution < 1.29 is 23.8 Å². The van der Waals surface area contributed by atoms with Crippen molar-refractivity contribution >= 4 is 11.9 Å². The van der Waals surface area contributed by atoms with Crippen LogP contribution in [0.1, 0.15) is 22.3 Å². The molecule has 0 heterocycles. The first kappa shape index (κ1) is 18.1. The molecular formula is C16H23NO5. The van der Waals surface area contributed by atoms with E-state index in [4.69, 9.17) is 14.2 Å². The van der Waals surface area contributed by atoms with Crippen LogP contribution in [0.4, 0.5) is 0 Å². The first-order chi connectivity index (χ1) is 10.6. The van der Waals surface area contributed by atoms with Crippen molar-refractivity contribution in [2.45, 2.75) is 13.3 Å². The molecule has 0 atom stereocenters. The molecule has 0 aliphatic rings. The molecule has 0 spiro atoms. The van der Waals surface area contributed by atoms with Gasteiger partial charge >= 0.3 is 11.9 Å². The smallest absolute Gasteiger partial charge is 0.338 e. The van der Waals surface area contributed by atoms with Gasteiger partial charge in [0.2, 0.25) is 0 Å². The van der Waals surface area contributed by atoms with E-state index >= 15 is 0 Å². The molecule has 0 unspecified atom stereocenters. The Morgan fingerprint density at radius 2 is 1.73 bits per heavy atom. The molecule has 6 heteroatoms. The number of esters is 2. The number of benzene rings is 1. The highest BCUT2D eigenvalue weighted by molar-refractivity contribution is 5.89. The van der Waals surface area contributed by atoms with Crippen LogP contribution in [0.25, 0.3) is 0 Å². The molecule has 0 saturated heterocycles. The molecule has 0 radical (unpaired) electrons. The summed E-state index contributed by atoms with van der Waals surface area (Å²) < 4.78 is 14.8. The first-order valence-electron chi connectivity index (χ1n) is 7.22. The van der Waals surface area contributed by atoms with Crippen LogP contribution in [0.3, 0.4) is 0 Å². The molecule has 0 bridgehead atoms. The molecule has 1 aromatic carbocycles. The summed E-state index contributed by atoms with van der Waals surface area (Å²) in [6.45, 7) is 3.85. The van der Waals surface area contributed by atoms with Gasteiger partial charge in [-0.1, -0.05) is 17.7 Å². The van der Waals surface area contributed by atoms with E-state index in [1.807, 2.05) is 19.1 Å². The monoisotopic (exact) mass is 309 g/mol. The Labute approximate surface area is 130 Å². The third-order valence-corrected chi connectivity index (χ3v) is 2.86.